The molecule has 0 aromatic heterocycles. The largest absolute Gasteiger partial charge is 0.486 e. The minimum Gasteiger partial charge on any atom is -0.486 e. The molecular formula is C21H16BrClFNO5S. The van der Waals surface area contributed by atoms with Gasteiger partial charge in [0.15, 0.2) is 5.75 Å². The Labute approximate surface area is 195 Å². The minimum absolute atomic E-state index is 0.156. The molecule has 0 unspecified atom stereocenters. The van der Waals surface area contributed by atoms with Gasteiger partial charge in [-0.1, -0.05) is 23.7 Å². The van der Waals surface area contributed by atoms with E-state index in [9.17, 15) is 18.8 Å². The normalized spacial score (nSPS) is 16.0. The van der Waals surface area contributed by atoms with Crippen molar-refractivity contribution < 1.29 is 28.2 Å². The molecule has 0 spiro atoms. The van der Waals surface area contributed by atoms with E-state index in [-0.39, 0.29) is 22.4 Å². The van der Waals surface area contributed by atoms with Crippen LogP contribution in [0.25, 0.3) is 6.08 Å². The number of imide groups is 1. The smallest absolute Gasteiger partial charge is 0.328 e. The van der Waals surface area contributed by atoms with Gasteiger partial charge in [-0.25, -0.2) is 9.18 Å². The van der Waals surface area contributed by atoms with E-state index in [1.165, 1.54) is 32.2 Å². The first-order chi connectivity index (χ1) is 14.7. The number of esters is 1. The summed E-state index contributed by atoms with van der Waals surface area (Å²) in [7, 11) is 1.19. The number of benzene rings is 2. The molecule has 1 aliphatic heterocycles. The van der Waals surface area contributed by atoms with Gasteiger partial charge in [0.25, 0.3) is 11.1 Å². The fraction of sp³-hybridized carbons (Fsp3) is 0.190. The van der Waals surface area contributed by atoms with Crippen LogP contribution in [0.1, 0.15) is 18.1 Å². The molecule has 10 heteroatoms. The number of carbonyl (C=O) groups excluding carboxylic acids is 3. The SMILES string of the molecule is COC(=O)[C@@H](C)N1C(=O)S/C(=C/c2cc(Cl)c(OCc3ccc(F)cc3)c(Br)c2)C1=O. The molecule has 1 atom stereocenters. The summed E-state index contributed by atoms with van der Waals surface area (Å²) >= 11 is 10.5. The third-order valence-corrected chi connectivity index (χ3v) is 6.12. The first-order valence-corrected chi connectivity index (χ1v) is 10.9. The number of halogens is 3. The van der Waals surface area contributed by atoms with Gasteiger partial charge in [0.2, 0.25) is 0 Å². The van der Waals surface area contributed by atoms with Crippen molar-refractivity contribution in [3.05, 3.63) is 67.7 Å². The summed E-state index contributed by atoms with van der Waals surface area (Å²) in [5, 5.41) is -0.275. The third kappa shape index (κ3) is 5.28. The second-order valence-electron chi connectivity index (χ2n) is 6.48. The van der Waals surface area contributed by atoms with Crippen LogP contribution in [0, 0.1) is 5.82 Å². The van der Waals surface area contributed by atoms with E-state index < -0.39 is 23.2 Å². The average molecular weight is 529 g/mol. The quantitative estimate of drug-likeness (QED) is 0.368. The lowest BCUT2D eigenvalue weighted by Gasteiger charge is -2.18. The van der Waals surface area contributed by atoms with Crippen molar-refractivity contribution in [2.24, 2.45) is 0 Å². The van der Waals surface area contributed by atoms with Gasteiger partial charge < -0.3 is 9.47 Å². The summed E-state index contributed by atoms with van der Waals surface area (Å²) in [5.74, 6) is -1.22. The van der Waals surface area contributed by atoms with Crippen molar-refractivity contribution in [3.8, 4) is 5.75 Å². The van der Waals surface area contributed by atoms with Crippen LogP contribution in [0.2, 0.25) is 5.02 Å². The van der Waals surface area contributed by atoms with Crippen LogP contribution >= 0.6 is 39.3 Å². The molecule has 2 aromatic rings. The second-order valence-corrected chi connectivity index (χ2v) is 8.73. The molecule has 1 saturated heterocycles. The van der Waals surface area contributed by atoms with E-state index in [0.29, 0.717) is 15.8 Å². The zero-order chi connectivity index (χ0) is 22.7. The summed E-state index contributed by atoms with van der Waals surface area (Å²) in [5.41, 5.74) is 1.32. The van der Waals surface area contributed by atoms with Crippen molar-refractivity contribution in [1.82, 2.24) is 4.90 Å². The molecule has 1 fully saturated rings. The fourth-order valence-electron chi connectivity index (χ4n) is 2.78. The number of hydrogen-bond acceptors (Lipinski definition) is 6. The van der Waals surface area contributed by atoms with Gasteiger partial charge in [-0.3, -0.25) is 14.5 Å². The van der Waals surface area contributed by atoms with Crippen LogP contribution in [0.3, 0.4) is 0 Å². The Kier molecular flexibility index (Phi) is 7.40. The van der Waals surface area contributed by atoms with Crippen LogP contribution < -0.4 is 4.74 Å². The van der Waals surface area contributed by atoms with Crippen LogP contribution in [0.4, 0.5) is 9.18 Å². The zero-order valence-electron chi connectivity index (χ0n) is 16.4. The van der Waals surface area contributed by atoms with E-state index in [0.717, 1.165) is 22.2 Å². The van der Waals surface area contributed by atoms with Crippen LogP contribution in [-0.2, 0) is 20.9 Å². The Hall–Kier alpha value is -2.36. The summed E-state index contributed by atoms with van der Waals surface area (Å²) in [6.07, 6.45) is 1.51. The summed E-state index contributed by atoms with van der Waals surface area (Å²) in [4.78, 5) is 37.6. The van der Waals surface area contributed by atoms with Gasteiger partial charge in [-0.2, -0.15) is 0 Å². The monoisotopic (exact) mass is 527 g/mol. The highest BCUT2D eigenvalue weighted by Crippen LogP contribution is 2.38. The standard InChI is InChI=1S/C21H16BrClFNO5S/c1-11(20(27)29-2)25-19(26)17(31-21(25)28)9-13-7-15(22)18(16(23)8-13)30-10-12-3-5-14(24)6-4-12/h3-9,11H,10H2,1-2H3/b17-9+/t11-/m1/s1. The first-order valence-electron chi connectivity index (χ1n) is 8.92. The highest BCUT2D eigenvalue weighted by molar-refractivity contribution is 9.10. The number of hydrogen-bond donors (Lipinski definition) is 0. The van der Waals surface area contributed by atoms with Crippen LogP contribution in [0.15, 0.2) is 45.8 Å². The van der Waals surface area contributed by atoms with Crippen molar-refractivity contribution in [2.75, 3.05) is 7.11 Å². The molecular weight excluding hydrogens is 513 g/mol. The van der Waals surface area contributed by atoms with E-state index in [1.54, 1.807) is 24.3 Å². The lowest BCUT2D eigenvalue weighted by molar-refractivity contribution is -0.148. The topological polar surface area (TPSA) is 72.9 Å². The first kappa shape index (κ1) is 23.3. The average Bonchev–Trinajstić information content (AvgIpc) is 3.00. The summed E-state index contributed by atoms with van der Waals surface area (Å²) in [6, 6.07) is 8.14. The van der Waals surface area contributed by atoms with Crippen molar-refractivity contribution in [3.63, 3.8) is 0 Å². The molecule has 0 N–H and O–H groups in total. The van der Waals surface area contributed by atoms with E-state index in [4.69, 9.17) is 16.3 Å². The molecule has 3 rings (SSSR count). The lowest BCUT2D eigenvalue weighted by atomic mass is 10.2. The molecule has 0 bridgehead atoms. The number of methoxy groups -OCH3 is 1. The van der Waals surface area contributed by atoms with Crippen LogP contribution in [-0.4, -0.2) is 35.2 Å². The molecule has 2 aromatic carbocycles. The molecule has 1 heterocycles. The Balaban J connectivity index is 1.78. The minimum atomic E-state index is -1.03. The molecule has 0 aliphatic carbocycles. The van der Waals surface area contributed by atoms with Gasteiger partial charge in [0.05, 0.1) is 21.5 Å². The Morgan fingerprint density at radius 1 is 1.29 bits per heavy atom. The van der Waals surface area contributed by atoms with E-state index in [1.807, 2.05) is 0 Å². The maximum absolute atomic E-state index is 13.0. The van der Waals surface area contributed by atoms with Gasteiger partial charge in [-0.05, 0) is 76.1 Å². The number of carbonyl (C=O) groups is 3. The number of thioether (sulfide) groups is 1. The number of rotatable bonds is 6. The molecule has 31 heavy (non-hydrogen) atoms. The molecule has 162 valence electrons. The van der Waals surface area contributed by atoms with Crippen molar-refractivity contribution in [2.45, 2.75) is 19.6 Å². The van der Waals surface area contributed by atoms with Crippen LogP contribution in [0.5, 0.6) is 5.75 Å². The summed E-state index contributed by atoms with van der Waals surface area (Å²) in [6.45, 7) is 1.61. The van der Waals surface area contributed by atoms with E-state index in [2.05, 4.69) is 20.7 Å². The van der Waals surface area contributed by atoms with Gasteiger partial charge in [-0.15, -0.1) is 0 Å². The molecule has 6 nitrogen and oxygen atoms in total. The molecule has 0 radical (unpaired) electrons. The van der Waals surface area contributed by atoms with Gasteiger partial charge >= 0.3 is 5.97 Å². The number of ether oxygens (including phenoxy) is 2. The van der Waals surface area contributed by atoms with Gasteiger partial charge in [0, 0.05) is 0 Å². The predicted octanol–water partition coefficient (Wildman–Crippen LogP) is 5.42. The number of amides is 2. The molecule has 1 aliphatic rings. The maximum Gasteiger partial charge on any atom is 0.328 e. The Bertz CT molecular complexity index is 1050. The second kappa shape index (κ2) is 9.84. The summed E-state index contributed by atoms with van der Waals surface area (Å²) < 4.78 is 23.9. The van der Waals surface area contributed by atoms with Gasteiger partial charge in [0.1, 0.15) is 18.5 Å². The third-order valence-electron chi connectivity index (χ3n) is 4.37. The maximum atomic E-state index is 13.0. The molecule has 0 saturated carbocycles. The van der Waals surface area contributed by atoms with Crippen molar-refractivity contribution in [1.29, 1.82) is 0 Å². The highest BCUT2D eigenvalue weighted by atomic mass is 79.9. The Morgan fingerprint density at radius 3 is 2.58 bits per heavy atom. The van der Waals surface area contributed by atoms with Crippen molar-refractivity contribution >= 4 is 62.5 Å². The lowest BCUT2D eigenvalue weighted by Crippen LogP contribution is -2.42. The highest BCUT2D eigenvalue weighted by Gasteiger charge is 2.41. The fourth-order valence-corrected chi connectivity index (χ4v) is 4.67. The van der Waals surface area contributed by atoms with E-state index >= 15 is 0 Å². The zero-order valence-corrected chi connectivity index (χ0v) is 19.5. The Morgan fingerprint density at radius 2 is 1.97 bits per heavy atom. The predicted molar refractivity (Wildman–Crippen MR) is 119 cm³/mol. The molecule has 2 amide bonds. The number of nitrogens with zero attached hydrogens (tertiary/aromatic N) is 1.